The molecule has 0 saturated carbocycles. The lowest BCUT2D eigenvalue weighted by molar-refractivity contribution is 0.202. The van der Waals surface area contributed by atoms with Gasteiger partial charge in [-0.15, -0.1) is 0 Å². The summed E-state index contributed by atoms with van der Waals surface area (Å²) in [7, 11) is 0. The van der Waals surface area contributed by atoms with E-state index in [9.17, 15) is 0 Å². The average molecular weight is 203 g/mol. The van der Waals surface area contributed by atoms with E-state index < -0.39 is 0 Å². The van der Waals surface area contributed by atoms with Crippen LogP contribution in [0.15, 0.2) is 30.3 Å². The minimum absolute atomic E-state index is 0.525. The third-order valence-electron chi connectivity index (χ3n) is 3.42. The summed E-state index contributed by atoms with van der Waals surface area (Å²) in [4.78, 5) is 2.51. The highest BCUT2D eigenvalue weighted by atomic mass is 16.6. The maximum atomic E-state index is 5.62. The highest BCUT2D eigenvalue weighted by molar-refractivity contribution is 5.15. The van der Waals surface area contributed by atoms with E-state index in [1.165, 1.54) is 12.1 Å². The highest BCUT2D eigenvalue weighted by Crippen LogP contribution is 2.35. The lowest BCUT2D eigenvalue weighted by Crippen LogP contribution is -2.38. The standard InChI is InChI=1S/C13H17NO/c1-10-7-14(9-12-13(10)15-12)8-11-5-3-2-4-6-11/h2-6,10,12-13H,7-9H2,1H3. The number of ether oxygens (including phenoxy) is 1. The Labute approximate surface area is 90.8 Å². The van der Waals surface area contributed by atoms with E-state index in [1.54, 1.807) is 0 Å². The van der Waals surface area contributed by atoms with Crippen LogP contribution in [0.25, 0.3) is 0 Å². The van der Waals surface area contributed by atoms with Crippen LogP contribution in [0.4, 0.5) is 0 Å². The second-order valence-electron chi connectivity index (χ2n) is 4.80. The second kappa shape index (κ2) is 3.62. The zero-order valence-electron chi connectivity index (χ0n) is 9.10. The first-order valence-electron chi connectivity index (χ1n) is 5.74. The summed E-state index contributed by atoms with van der Waals surface area (Å²) < 4.78 is 5.62. The number of hydrogen-bond acceptors (Lipinski definition) is 2. The van der Waals surface area contributed by atoms with Gasteiger partial charge in [-0.2, -0.15) is 0 Å². The predicted molar refractivity (Wildman–Crippen MR) is 59.5 cm³/mol. The molecule has 0 N–H and O–H groups in total. The first kappa shape index (κ1) is 9.37. The van der Waals surface area contributed by atoms with Crippen molar-refractivity contribution in [2.45, 2.75) is 25.7 Å². The van der Waals surface area contributed by atoms with Gasteiger partial charge in [-0.05, 0) is 11.5 Å². The Kier molecular flexibility index (Phi) is 2.26. The zero-order valence-corrected chi connectivity index (χ0v) is 9.10. The van der Waals surface area contributed by atoms with Gasteiger partial charge >= 0.3 is 0 Å². The summed E-state index contributed by atoms with van der Waals surface area (Å²) in [6, 6.07) is 10.7. The Balaban J connectivity index is 1.64. The van der Waals surface area contributed by atoms with Gasteiger partial charge in [-0.3, -0.25) is 4.90 Å². The van der Waals surface area contributed by atoms with Gasteiger partial charge in [-0.1, -0.05) is 37.3 Å². The number of hydrogen-bond donors (Lipinski definition) is 0. The van der Waals surface area contributed by atoms with E-state index in [-0.39, 0.29) is 0 Å². The molecule has 2 aliphatic heterocycles. The molecular weight excluding hydrogens is 186 g/mol. The van der Waals surface area contributed by atoms with Gasteiger partial charge < -0.3 is 4.74 Å². The zero-order chi connectivity index (χ0) is 10.3. The smallest absolute Gasteiger partial charge is 0.0971 e. The van der Waals surface area contributed by atoms with E-state index in [0.717, 1.165) is 13.1 Å². The maximum absolute atomic E-state index is 5.62. The summed E-state index contributed by atoms with van der Waals surface area (Å²) in [5.74, 6) is 0.701. The third kappa shape index (κ3) is 1.92. The Morgan fingerprint density at radius 2 is 2.07 bits per heavy atom. The van der Waals surface area contributed by atoms with Crippen LogP contribution in [0.1, 0.15) is 12.5 Å². The van der Waals surface area contributed by atoms with Crippen molar-refractivity contribution in [3.63, 3.8) is 0 Å². The minimum atomic E-state index is 0.525. The quantitative estimate of drug-likeness (QED) is 0.682. The summed E-state index contributed by atoms with van der Waals surface area (Å²) >= 11 is 0. The van der Waals surface area contributed by atoms with Crippen molar-refractivity contribution < 1.29 is 4.74 Å². The molecule has 80 valence electrons. The molecular formula is C13H17NO. The number of fused-ring (bicyclic) bond motifs is 1. The fourth-order valence-corrected chi connectivity index (χ4v) is 2.61. The highest BCUT2D eigenvalue weighted by Gasteiger charge is 2.47. The van der Waals surface area contributed by atoms with Gasteiger partial charge in [0.1, 0.15) is 0 Å². The first-order valence-corrected chi connectivity index (χ1v) is 5.74. The summed E-state index contributed by atoms with van der Waals surface area (Å²) in [5.41, 5.74) is 1.41. The SMILES string of the molecule is CC1CN(Cc2ccccc2)CC2OC12. The van der Waals surface area contributed by atoms with E-state index in [4.69, 9.17) is 4.74 Å². The summed E-state index contributed by atoms with van der Waals surface area (Å²) in [6.45, 7) is 5.65. The number of benzene rings is 1. The van der Waals surface area contributed by atoms with Crippen molar-refractivity contribution in [2.24, 2.45) is 5.92 Å². The molecule has 0 bridgehead atoms. The predicted octanol–water partition coefficient (Wildman–Crippen LogP) is 1.91. The lowest BCUT2D eigenvalue weighted by atomic mass is 10.00. The van der Waals surface area contributed by atoms with Crippen molar-refractivity contribution in [2.75, 3.05) is 13.1 Å². The van der Waals surface area contributed by atoms with Crippen molar-refractivity contribution >= 4 is 0 Å². The van der Waals surface area contributed by atoms with Crippen molar-refractivity contribution in [1.29, 1.82) is 0 Å². The van der Waals surface area contributed by atoms with E-state index >= 15 is 0 Å². The van der Waals surface area contributed by atoms with Gasteiger partial charge in [0.2, 0.25) is 0 Å². The van der Waals surface area contributed by atoms with Crippen LogP contribution in [0.5, 0.6) is 0 Å². The van der Waals surface area contributed by atoms with Gasteiger partial charge in [0.05, 0.1) is 12.2 Å². The number of epoxide rings is 1. The maximum Gasteiger partial charge on any atom is 0.0971 e. The fraction of sp³-hybridized carbons (Fsp3) is 0.538. The summed E-state index contributed by atoms with van der Waals surface area (Å²) in [5, 5.41) is 0. The average Bonchev–Trinajstić information content (AvgIpc) is 2.99. The third-order valence-corrected chi connectivity index (χ3v) is 3.42. The molecule has 0 aliphatic carbocycles. The van der Waals surface area contributed by atoms with Gasteiger partial charge in [0.25, 0.3) is 0 Å². The molecule has 0 spiro atoms. The molecule has 15 heavy (non-hydrogen) atoms. The van der Waals surface area contributed by atoms with Crippen LogP contribution in [-0.2, 0) is 11.3 Å². The molecule has 0 aromatic heterocycles. The molecule has 2 fully saturated rings. The fourth-order valence-electron chi connectivity index (χ4n) is 2.61. The van der Waals surface area contributed by atoms with E-state index in [2.05, 4.69) is 42.2 Å². The first-order chi connectivity index (χ1) is 7.33. The molecule has 2 nitrogen and oxygen atoms in total. The molecule has 3 rings (SSSR count). The van der Waals surface area contributed by atoms with Gasteiger partial charge in [0.15, 0.2) is 0 Å². The number of piperidine rings is 1. The van der Waals surface area contributed by atoms with Crippen LogP contribution in [-0.4, -0.2) is 30.2 Å². The molecule has 1 aromatic rings. The van der Waals surface area contributed by atoms with Crippen molar-refractivity contribution in [3.05, 3.63) is 35.9 Å². The minimum Gasteiger partial charge on any atom is -0.368 e. The molecule has 2 saturated heterocycles. The van der Waals surface area contributed by atoms with Crippen LogP contribution in [0, 0.1) is 5.92 Å². The Hall–Kier alpha value is -0.860. The van der Waals surface area contributed by atoms with Gasteiger partial charge in [0, 0.05) is 19.6 Å². The van der Waals surface area contributed by atoms with Crippen LogP contribution < -0.4 is 0 Å². The Morgan fingerprint density at radius 1 is 1.27 bits per heavy atom. The topological polar surface area (TPSA) is 15.8 Å². The molecule has 3 atom stereocenters. The van der Waals surface area contributed by atoms with Gasteiger partial charge in [-0.25, -0.2) is 0 Å². The summed E-state index contributed by atoms with van der Waals surface area (Å²) in [6.07, 6.45) is 1.09. The number of likely N-dealkylation sites (tertiary alicyclic amines) is 1. The monoisotopic (exact) mass is 203 g/mol. The van der Waals surface area contributed by atoms with Crippen LogP contribution >= 0.6 is 0 Å². The molecule has 0 amide bonds. The molecule has 1 aromatic carbocycles. The lowest BCUT2D eigenvalue weighted by Gasteiger charge is -2.27. The van der Waals surface area contributed by atoms with Crippen LogP contribution in [0.2, 0.25) is 0 Å². The molecule has 0 radical (unpaired) electrons. The second-order valence-corrected chi connectivity index (χ2v) is 4.80. The molecule has 2 heteroatoms. The van der Waals surface area contributed by atoms with E-state index in [0.29, 0.717) is 18.1 Å². The molecule has 2 aliphatic rings. The van der Waals surface area contributed by atoms with Crippen molar-refractivity contribution in [3.8, 4) is 0 Å². The molecule has 2 heterocycles. The van der Waals surface area contributed by atoms with E-state index in [1.807, 2.05) is 0 Å². The normalized spacial score (nSPS) is 34.9. The van der Waals surface area contributed by atoms with Crippen LogP contribution in [0.3, 0.4) is 0 Å². The Bertz CT molecular complexity index is 338. The number of rotatable bonds is 2. The largest absolute Gasteiger partial charge is 0.368 e. The Morgan fingerprint density at radius 3 is 2.80 bits per heavy atom. The van der Waals surface area contributed by atoms with Crippen molar-refractivity contribution in [1.82, 2.24) is 4.90 Å². The number of nitrogens with zero attached hydrogens (tertiary/aromatic N) is 1. The molecule has 3 unspecified atom stereocenters.